The van der Waals surface area contributed by atoms with Gasteiger partial charge in [-0.3, -0.25) is 4.99 Å². The maximum atomic E-state index is 9.65. The van der Waals surface area contributed by atoms with Gasteiger partial charge in [-0.15, -0.1) is 11.3 Å². The number of thiophene rings is 1. The van der Waals surface area contributed by atoms with Gasteiger partial charge in [-0.2, -0.15) is 4.73 Å². The Hall–Kier alpha value is -1.33. The molecule has 0 unspecified atom stereocenters. The van der Waals surface area contributed by atoms with E-state index in [2.05, 4.69) is 23.7 Å². The van der Waals surface area contributed by atoms with Gasteiger partial charge in [0.2, 0.25) is 0 Å². The Morgan fingerprint density at radius 3 is 2.83 bits per heavy atom. The monoisotopic (exact) mass is 265 g/mol. The molecular formula is C13H19N3OS. The van der Waals surface area contributed by atoms with Crippen LogP contribution in [0.15, 0.2) is 28.7 Å². The summed E-state index contributed by atoms with van der Waals surface area (Å²) < 4.78 is 1.16. The van der Waals surface area contributed by atoms with Crippen molar-refractivity contribution in [1.29, 1.82) is 0 Å². The van der Waals surface area contributed by atoms with Crippen molar-refractivity contribution in [2.24, 2.45) is 4.99 Å². The Labute approximate surface area is 111 Å². The predicted molar refractivity (Wildman–Crippen MR) is 75.2 cm³/mol. The number of nitrogens with zero attached hydrogens (tertiary/aromatic N) is 3. The van der Waals surface area contributed by atoms with E-state index in [1.807, 2.05) is 17.5 Å². The molecule has 0 amide bonds. The van der Waals surface area contributed by atoms with Gasteiger partial charge in [0, 0.05) is 18.1 Å². The van der Waals surface area contributed by atoms with E-state index in [1.165, 1.54) is 11.3 Å². The molecule has 2 heterocycles. The Kier molecular flexibility index (Phi) is 4.38. The van der Waals surface area contributed by atoms with Gasteiger partial charge in [-0.1, -0.05) is 13.8 Å². The molecule has 1 N–H and O–H groups in total. The zero-order valence-electron chi connectivity index (χ0n) is 10.8. The maximum Gasteiger partial charge on any atom is 0.141 e. The highest BCUT2D eigenvalue weighted by Gasteiger charge is 2.01. The summed E-state index contributed by atoms with van der Waals surface area (Å²) in [5.74, 6) is 0. The lowest BCUT2D eigenvalue weighted by molar-refractivity contribution is 0.199. The van der Waals surface area contributed by atoms with E-state index in [4.69, 9.17) is 0 Å². The second-order valence-electron chi connectivity index (χ2n) is 4.09. The van der Waals surface area contributed by atoms with Crippen LogP contribution in [-0.4, -0.2) is 41.0 Å². The summed E-state index contributed by atoms with van der Waals surface area (Å²) in [6.45, 7) is 8.22. The van der Waals surface area contributed by atoms with Gasteiger partial charge >= 0.3 is 0 Å². The van der Waals surface area contributed by atoms with Crippen molar-refractivity contribution in [1.82, 2.24) is 9.63 Å². The molecule has 0 aliphatic carbocycles. The summed E-state index contributed by atoms with van der Waals surface area (Å²) in [5.41, 5.74) is 0. The van der Waals surface area contributed by atoms with Crippen LogP contribution in [-0.2, 0) is 0 Å². The smallest absolute Gasteiger partial charge is 0.141 e. The molecular weight excluding hydrogens is 246 g/mol. The largest absolute Gasteiger partial charge is 0.428 e. The van der Waals surface area contributed by atoms with E-state index in [0.717, 1.165) is 46.5 Å². The van der Waals surface area contributed by atoms with E-state index >= 15 is 0 Å². The SMILES string of the molecule is CCN(CC)CCN=c1ccn(O)c2sccc12. The molecule has 2 rings (SSSR count). The molecule has 0 atom stereocenters. The Morgan fingerprint density at radius 1 is 1.33 bits per heavy atom. The second kappa shape index (κ2) is 6.02. The fourth-order valence-electron chi connectivity index (χ4n) is 1.96. The quantitative estimate of drug-likeness (QED) is 0.842. The lowest BCUT2D eigenvalue weighted by atomic mass is 10.3. The summed E-state index contributed by atoms with van der Waals surface area (Å²) in [6, 6.07) is 3.86. The topological polar surface area (TPSA) is 40.8 Å². The highest BCUT2D eigenvalue weighted by Crippen LogP contribution is 2.15. The predicted octanol–water partition coefficient (Wildman–Crippen LogP) is 2.18. The first kappa shape index (κ1) is 13.1. The normalized spacial score (nSPS) is 12.7. The van der Waals surface area contributed by atoms with Gasteiger partial charge in [-0.25, -0.2) is 0 Å². The molecule has 4 nitrogen and oxygen atoms in total. The molecule has 2 aromatic rings. The molecule has 0 bridgehead atoms. The maximum absolute atomic E-state index is 9.65. The Bertz CT molecular complexity index is 569. The fourth-order valence-corrected chi connectivity index (χ4v) is 2.76. The van der Waals surface area contributed by atoms with Gasteiger partial charge < -0.3 is 10.1 Å². The molecule has 18 heavy (non-hydrogen) atoms. The Balaban J connectivity index is 2.20. The van der Waals surface area contributed by atoms with Crippen LogP contribution < -0.4 is 5.36 Å². The van der Waals surface area contributed by atoms with Crippen LogP contribution in [0, 0.1) is 0 Å². The number of rotatable bonds is 5. The Morgan fingerprint density at radius 2 is 2.11 bits per heavy atom. The highest BCUT2D eigenvalue weighted by molar-refractivity contribution is 7.16. The van der Waals surface area contributed by atoms with E-state index in [-0.39, 0.29) is 0 Å². The van der Waals surface area contributed by atoms with E-state index in [1.54, 1.807) is 6.20 Å². The number of hydrogen-bond acceptors (Lipinski definition) is 4. The van der Waals surface area contributed by atoms with Crippen LogP contribution in [0.1, 0.15) is 13.8 Å². The van der Waals surface area contributed by atoms with E-state index in [0.29, 0.717) is 0 Å². The zero-order chi connectivity index (χ0) is 13.0. The summed E-state index contributed by atoms with van der Waals surface area (Å²) in [5, 5.41) is 13.6. The molecule has 5 heteroatoms. The van der Waals surface area contributed by atoms with E-state index < -0.39 is 0 Å². The minimum absolute atomic E-state index is 0.794. The van der Waals surface area contributed by atoms with Gasteiger partial charge in [0.25, 0.3) is 0 Å². The van der Waals surface area contributed by atoms with Crippen LogP contribution in [0.3, 0.4) is 0 Å². The average Bonchev–Trinajstić information content (AvgIpc) is 2.87. The molecule has 98 valence electrons. The van der Waals surface area contributed by atoms with Crippen molar-refractivity contribution in [3.05, 3.63) is 29.1 Å². The number of fused-ring (bicyclic) bond motifs is 1. The number of hydrogen-bond donors (Lipinski definition) is 1. The molecule has 0 aromatic carbocycles. The van der Waals surface area contributed by atoms with Crippen molar-refractivity contribution in [3.63, 3.8) is 0 Å². The summed E-state index contributed by atoms with van der Waals surface area (Å²) in [4.78, 5) is 7.82. The van der Waals surface area contributed by atoms with Crippen molar-refractivity contribution in [2.75, 3.05) is 26.2 Å². The lowest BCUT2D eigenvalue weighted by Gasteiger charge is -2.15. The lowest BCUT2D eigenvalue weighted by Crippen LogP contribution is -2.26. The van der Waals surface area contributed by atoms with Crippen LogP contribution in [0.4, 0.5) is 0 Å². The van der Waals surface area contributed by atoms with Gasteiger partial charge in [0.1, 0.15) is 4.83 Å². The molecule has 0 aliphatic heterocycles. The molecule has 0 radical (unpaired) electrons. The number of aromatic nitrogens is 1. The third-order valence-electron chi connectivity index (χ3n) is 3.10. The first-order valence-electron chi connectivity index (χ1n) is 6.27. The molecule has 0 aliphatic rings. The average molecular weight is 265 g/mol. The van der Waals surface area contributed by atoms with Gasteiger partial charge in [0.15, 0.2) is 0 Å². The number of pyridine rings is 1. The number of likely N-dealkylation sites (N-methyl/N-ethyl adjacent to an activating group) is 1. The first-order valence-corrected chi connectivity index (χ1v) is 7.15. The minimum atomic E-state index is 0.794. The standard InChI is InChI=1S/C13H19N3OS/c1-3-15(4-2)9-7-14-12-5-8-16(17)13-11(12)6-10-18-13/h5-6,8,10,17H,3-4,7,9H2,1-2H3. The van der Waals surface area contributed by atoms with Crippen LogP contribution in [0.25, 0.3) is 10.2 Å². The molecule has 0 fully saturated rings. The van der Waals surface area contributed by atoms with Gasteiger partial charge in [-0.05, 0) is 30.6 Å². The second-order valence-corrected chi connectivity index (χ2v) is 4.99. The molecule has 2 aromatic heterocycles. The van der Waals surface area contributed by atoms with Crippen LogP contribution in [0.2, 0.25) is 0 Å². The van der Waals surface area contributed by atoms with E-state index in [9.17, 15) is 5.21 Å². The fraction of sp³-hybridized carbons (Fsp3) is 0.462. The van der Waals surface area contributed by atoms with Crippen molar-refractivity contribution < 1.29 is 5.21 Å². The summed E-state index contributed by atoms with van der Waals surface area (Å²) in [6.07, 6.45) is 1.65. The molecule has 0 saturated heterocycles. The zero-order valence-corrected chi connectivity index (χ0v) is 11.7. The van der Waals surface area contributed by atoms with Crippen molar-refractivity contribution in [3.8, 4) is 0 Å². The first-order chi connectivity index (χ1) is 8.76. The summed E-state index contributed by atoms with van der Waals surface area (Å²) in [7, 11) is 0. The highest BCUT2D eigenvalue weighted by atomic mass is 32.1. The van der Waals surface area contributed by atoms with Crippen molar-refractivity contribution >= 4 is 21.6 Å². The molecule has 0 spiro atoms. The third kappa shape index (κ3) is 2.73. The van der Waals surface area contributed by atoms with Crippen LogP contribution >= 0.6 is 11.3 Å². The van der Waals surface area contributed by atoms with Gasteiger partial charge in [0.05, 0.1) is 11.9 Å². The van der Waals surface area contributed by atoms with Crippen molar-refractivity contribution in [2.45, 2.75) is 13.8 Å². The third-order valence-corrected chi connectivity index (χ3v) is 4.00. The van der Waals surface area contributed by atoms with Crippen LogP contribution in [0.5, 0.6) is 0 Å². The minimum Gasteiger partial charge on any atom is -0.428 e. The molecule has 0 saturated carbocycles. The summed E-state index contributed by atoms with van der Waals surface area (Å²) >= 11 is 1.52.